The van der Waals surface area contributed by atoms with Crippen molar-refractivity contribution >= 4 is 62.5 Å². The Bertz CT molecular complexity index is 915. The molecule has 0 radical (unpaired) electrons. The number of carbonyl (C=O) groups excluding carboxylic acids is 1. The van der Waals surface area contributed by atoms with Crippen LogP contribution in [0.4, 0.5) is 5.69 Å². The summed E-state index contributed by atoms with van der Waals surface area (Å²) in [4.78, 5) is 14.2. The Labute approximate surface area is 169 Å². The van der Waals surface area contributed by atoms with Gasteiger partial charge in [0.2, 0.25) is 0 Å². The quantitative estimate of drug-likeness (QED) is 0.550. The van der Waals surface area contributed by atoms with Crippen LogP contribution >= 0.6 is 39.7 Å². The first-order valence-corrected chi connectivity index (χ1v) is 9.06. The number of amides is 1. The number of methoxy groups -OCH3 is 2. The Morgan fingerprint density at radius 3 is 2.42 bits per heavy atom. The maximum atomic E-state index is 12.8. The van der Waals surface area contributed by atoms with Crippen molar-refractivity contribution in [3.8, 4) is 11.5 Å². The van der Waals surface area contributed by atoms with E-state index in [2.05, 4.69) is 21.2 Å². The minimum atomic E-state index is -0.258. The van der Waals surface area contributed by atoms with Gasteiger partial charge in [-0.05, 0) is 64.6 Å². The van der Waals surface area contributed by atoms with Crippen molar-refractivity contribution in [2.75, 3.05) is 19.1 Å². The Balaban J connectivity index is 1.98. The zero-order chi connectivity index (χ0) is 18.8. The van der Waals surface area contributed by atoms with Gasteiger partial charge in [0.15, 0.2) is 5.11 Å². The second kappa shape index (κ2) is 7.65. The second-order valence-corrected chi connectivity index (χ2v) is 7.01. The standard InChI is InChI=1S/C18H14BrClN2O3S/c1-24-15-9-16(25-2)13(19)7-10(15)8-14-17(23)22(18(26)21-14)12-5-3-11(20)4-6-12/h3-9H,1-2H3,(H,21,26). The molecule has 2 aromatic rings. The summed E-state index contributed by atoms with van der Waals surface area (Å²) in [7, 11) is 3.13. The largest absolute Gasteiger partial charge is 0.496 e. The number of nitrogens with one attached hydrogen (secondary N) is 1. The molecule has 1 fully saturated rings. The Kier molecular flexibility index (Phi) is 5.50. The van der Waals surface area contributed by atoms with Crippen molar-refractivity contribution in [3.05, 3.63) is 57.2 Å². The van der Waals surface area contributed by atoms with Crippen LogP contribution in [0.2, 0.25) is 5.02 Å². The van der Waals surface area contributed by atoms with Gasteiger partial charge in [0.25, 0.3) is 5.91 Å². The summed E-state index contributed by atoms with van der Waals surface area (Å²) in [6, 6.07) is 10.4. The van der Waals surface area contributed by atoms with Gasteiger partial charge in [0.05, 0.1) is 24.4 Å². The molecule has 1 N–H and O–H groups in total. The molecule has 3 rings (SSSR count). The smallest absolute Gasteiger partial charge is 0.281 e. The van der Waals surface area contributed by atoms with Crippen LogP contribution in [0, 0.1) is 0 Å². The van der Waals surface area contributed by atoms with Crippen LogP contribution in [0.3, 0.4) is 0 Å². The number of thiocarbonyl (C=S) groups is 1. The number of hydrogen-bond donors (Lipinski definition) is 1. The lowest BCUT2D eigenvalue weighted by atomic mass is 10.1. The predicted octanol–water partition coefficient (Wildman–Crippen LogP) is 4.38. The van der Waals surface area contributed by atoms with Gasteiger partial charge < -0.3 is 14.8 Å². The van der Waals surface area contributed by atoms with Crippen molar-refractivity contribution in [2.24, 2.45) is 0 Å². The highest BCUT2D eigenvalue weighted by atomic mass is 79.9. The fraction of sp³-hybridized carbons (Fsp3) is 0.111. The molecule has 2 aromatic carbocycles. The molecule has 26 heavy (non-hydrogen) atoms. The van der Waals surface area contributed by atoms with E-state index in [-0.39, 0.29) is 5.91 Å². The summed E-state index contributed by atoms with van der Waals surface area (Å²) in [5, 5.41) is 3.84. The molecule has 1 aliphatic heterocycles. The topological polar surface area (TPSA) is 50.8 Å². The van der Waals surface area contributed by atoms with Gasteiger partial charge >= 0.3 is 0 Å². The highest BCUT2D eigenvalue weighted by Crippen LogP contribution is 2.34. The van der Waals surface area contributed by atoms with Crippen molar-refractivity contribution in [2.45, 2.75) is 0 Å². The van der Waals surface area contributed by atoms with Crippen molar-refractivity contribution in [1.29, 1.82) is 0 Å². The highest BCUT2D eigenvalue weighted by molar-refractivity contribution is 9.10. The van der Waals surface area contributed by atoms with E-state index < -0.39 is 0 Å². The molecular weight excluding hydrogens is 440 g/mol. The normalized spacial score (nSPS) is 15.4. The van der Waals surface area contributed by atoms with Gasteiger partial charge in [0.1, 0.15) is 17.2 Å². The maximum Gasteiger partial charge on any atom is 0.281 e. The monoisotopic (exact) mass is 452 g/mol. The van der Waals surface area contributed by atoms with Crippen molar-refractivity contribution in [1.82, 2.24) is 5.32 Å². The lowest BCUT2D eigenvalue weighted by molar-refractivity contribution is -0.113. The van der Waals surface area contributed by atoms with Crippen LogP contribution in [0.1, 0.15) is 5.56 Å². The number of ether oxygens (including phenoxy) is 2. The number of halogens is 2. The Morgan fingerprint density at radius 2 is 1.81 bits per heavy atom. The van der Waals surface area contributed by atoms with Crippen LogP contribution in [-0.2, 0) is 4.79 Å². The molecule has 0 aromatic heterocycles. The van der Waals surface area contributed by atoms with Crippen LogP contribution in [0.25, 0.3) is 6.08 Å². The molecule has 0 unspecified atom stereocenters. The summed E-state index contributed by atoms with van der Waals surface area (Å²) >= 11 is 14.7. The van der Waals surface area contributed by atoms with Gasteiger partial charge in [-0.3, -0.25) is 9.69 Å². The van der Waals surface area contributed by atoms with Crippen LogP contribution in [0.15, 0.2) is 46.6 Å². The highest BCUT2D eigenvalue weighted by Gasteiger charge is 2.32. The fourth-order valence-corrected chi connectivity index (χ4v) is 3.46. The lowest BCUT2D eigenvalue weighted by Crippen LogP contribution is -2.30. The lowest BCUT2D eigenvalue weighted by Gasteiger charge is -2.13. The van der Waals surface area contributed by atoms with Gasteiger partial charge in [-0.2, -0.15) is 0 Å². The maximum absolute atomic E-state index is 12.8. The summed E-state index contributed by atoms with van der Waals surface area (Å²) in [6.45, 7) is 0. The molecule has 1 heterocycles. The minimum Gasteiger partial charge on any atom is -0.496 e. The fourth-order valence-electron chi connectivity index (χ4n) is 2.51. The van der Waals surface area contributed by atoms with Crippen LogP contribution < -0.4 is 19.7 Å². The molecule has 0 saturated carbocycles. The molecule has 1 saturated heterocycles. The summed E-state index contributed by atoms with van der Waals surface area (Å²) in [6.07, 6.45) is 1.69. The average molecular weight is 454 g/mol. The van der Waals surface area contributed by atoms with Crippen molar-refractivity contribution in [3.63, 3.8) is 0 Å². The minimum absolute atomic E-state index is 0.258. The molecular formula is C18H14BrClN2O3S. The van der Waals surface area contributed by atoms with Crippen LogP contribution in [0.5, 0.6) is 11.5 Å². The zero-order valence-electron chi connectivity index (χ0n) is 13.9. The van der Waals surface area contributed by atoms with E-state index in [0.29, 0.717) is 38.6 Å². The average Bonchev–Trinajstić information content (AvgIpc) is 2.90. The van der Waals surface area contributed by atoms with Crippen LogP contribution in [-0.4, -0.2) is 25.2 Å². The van der Waals surface area contributed by atoms with Gasteiger partial charge in [0, 0.05) is 16.7 Å². The number of carbonyl (C=O) groups is 1. The van der Waals surface area contributed by atoms with E-state index >= 15 is 0 Å². The Morgan fingerprint density at radius 1 is 1.15 bits per heavy atom. The first kappa shape index (κ1) is 18.7. The first-order valence-electron chi connectivity index (χ1n) is 7.49. The molecule has 0 spiro atoms. The molecule has 1 amide bonds. The summed E-state index contributed by atoms with van der Waals surface area (Å²) in [5.74, 6) is 0.947. The molecule has 134 valence electrons. The third-order valence-corrected chi connectivity index (χ3v) is 4.92. The number of benzene rings is 2. The van der Waals surface area contributed by atoms with E-state index in [1.807, 2.05) is 6.07 Å². The second-order valence-electron chi connectivity index (χ2n) is 5.33. The third kappa shape index (κ3) is 3.56. The van der Waals surface area contributed by atoms with Crippen molar-refractivity contribution < 1.29 is 14.3 Å². The molecule has 8 heteroatoms. The van der Waals surface area contributed by atoms with E-state index in [1.165, 1.54) is 4.90 Å². The SMILES string of the molecule is COc1cc(OC)c(C=C2NC(=S)N(c3ccc(Cl)cc3)C2=O)cc1Br. The van der Waals surface area contributed by atoms with Gasteiger partial charge in [-0.15, -0.1) is 0 Å². The molecule has 0 bridgehead atoms. The number of nitrogens with zero attached hydrogens (tertiary/aromatic N) is 1. The summed E-state index contributed by atoms with van der Waals surface area (Å²) in [5.41, 5.74) is 1.69. The molecule has 0 aliphatic carbocycles. The number of anilines is 1. The molecule has 5 nitrogen and oxygen atoms in total. The summed E-state index contributed by atoms with van der Waals surface area (Å²) < 4.78 is 11.4. The van der Waals surface area contributed by atoms with E-state index in [1.54, 1.807) is 50.6 Å². The number of hydrogen-bond acceptors (Lipinski definition) is 4. The van der Waals surface area contributed by atoms with E-state index in [9.17, 15) is 4.79 Å². The van der Waals surface area contributed by atoms with Gasteiger partial charge in [-0.25, -0.2) is 0 Å². The predicted molar refractivity (Wildman–Crippen MR) is 110 cm³/mol. The molecule has 1 aliphatic rings. The van der Waals surface area contributed by atoms with Gasteiger partial charge in [-0.1, -0.05) is 11.6 Å². The Hall–Kier alpha value is -2.09. The molecule has 0 atom stereocenters. The first-order chi connectivity index (χ1) is 12.4. The number of rotatable bonds is 4. The zero-order valence-corrected chi connectivity index (χ0v) is 17.0. The third-order valence-electron chi connectivity index (χ3n) is 3.77. The van der Waals surface area contributed by atoms with E-state index in [4.69, 9.17) is 33.3 Å². The van der Waals surface area contributed by atoms with E-state index in [0.717, 1.165) is 4.47 Å².